The van der Waals surface area contributed by atoms with Crippen molar-refractivity contribution in [3.63, 3.8) is 0 Å². The van der Waals surface area contributed by atoms with E-state index >= 15 is 0 Å². The van der Waals surface area contributed by atoms with Crippen LogP contribution in [-0.4, -0.2) is 36.4 Å². The summed E-state index contributed by atoms with van der Waals surface area (Å²) in [6, 6.07) is 0. The molecule has 0 saturated heterocycles. The fourth-order valence-electron chi connectivity index (χ4n) is 3.05. The van der Waals surface area contributed by atoms with E-state index in [1.165, 1.54) is 6.42 Å². The highest BCUT2D eigenvalue weighted by molar-refractivity contribution is 5.69. The second-order valence-electron chi connectivity index (χ2n) is 6.37. The molecule has 4 heteroatoms. The molecule has 0 heterocycles. The van der Waals surface area contributed by atoms with Crippen LogP contribution >= 0.6 is 0 Å². The minimum atomic E-state index is -0.489. The number of carbonyl (C=O) groups excluding carboxylic acids is 1. The Balaban J connectivity index is 1.98. The maximum absolute atomic E-state index is 11.2. The minimum Gasteiger partial charge on any atom is -0.466 e. The topological polar surface area (TPSA) is 58.6 Å². The number of hydrogen-bond acceptors (Lipinski definition) is 4. The Bertz CT molecular complexity index is 286. The Kier molecular flexibility index (Phi) is 8.93. The van der Waals surface area contributed by atoms with Crippen molar-refractivity contribution in [3.05, 3.63) is 0 Å². The van der Waals surface area contributed by atoms with E-state index in [4.69, 9.17) is 4.74 Å². The van der Waals surface area contributed by atoms with Gasteiger partial charge in [-0.25, -0.2) is 0 Å². The molecule has 2 N–H and O–H groups in total. The smallest absolute Gasteiger partial charge is 0.305 e. The number of carbonyl (C=O) groups is 1. The van der Waals surface area contributed by atoms with E-state index in [2.05, 4.69) is 12.2 Å². The largest absolute Gasteiger partial charge is 0.466 e. The first-order valence-electron chi connectivity index (χ1n) is 8.68. The first-order chi connectivity index (χ1) is 10.1. The zero-order valence-corrected chi connectivity index (χ0v) is 13.8. The lowest BCUT2D eigenvalue weighted by Gasteiger charge is -2.36. The molecule has 1 rings (SSSR count). The summed E-state index contributed by atoms with van der Waals surface area (Å²) in [7, 11) is 0. The average Bonchev–Trinajstić information content (AvgIpc) is 2.47. The zero-order valence-electron chi connectivity index (χ0n) is 13.8. The molecule has 21 heavy (non-hydrogen) atoms. The van der Waals surface area contributed by atoms with Crippen LogP contribution in [0.2, 0.25) is 0 Å². The maximum atomic E-state index is 11.2. The molecule has 4 nitrogen and oxygen atoms in total. The van der Waals surface area contributed by atoms with Crippen LogP contribution < -0.4 is 5.32 Å². The summed E-state index contributed by atoms with van der Waals surface area (Å²) >= 11 is 0. The molecule has 0 spiro atoms. The third kappa shape index (κ3) is 7.82. The SMILES string of the molecule is CCOC(=O)CCCCCNCC1(O)CCC(CC)CC1. The van der Waals surface area contributed by atoms with Crippen molar-refractivity contribution in [1.82, 2.24) is 5.32 Å². The molecular weight excluding hydrogens is 266 g/mol. The van der Waals surface area contributed by atoms with Gasteiger partial charge in [-0.1, -0.05) is 19.8 Å². The van der Waals surface area contributed by atoms with Crippen LogP contribution in [0.15, 0.2) is 0 Å². The van der Waals surface area contributed by atoms with Gasteiger partial charge in [-0.05, 0) is 57.9 Å². The summed E-state index contributed by atoms with van der Waals surface area (Å²) in [5, 5.41) is 13.9. The normalized spacial score (nSPS) is 25.8. The Morgan fingerprint density at radius 2 is 1.95 bits per heavy atom. The van der Waals surface area contributed by atoms with E-state index in [-0.39, 0.29) is 5.97 Å². The first-order valence-corrected chi connectivity index (χ1v) is 8.68. The van der Waals surface area contributed by atoms with Gasteiger partial charge < -0.3 is 15.2 Å². The van der Waals surface area contributed by atoms with Crippen molar-refractivity contribution in [2.45, 2.75) is 77.2 Å². The van der Waals surface area contributed by atoms with Crippen LogP contribution in [0.5, 0.6) is 0 Å². The van der Waals surface area contributed by atoms with Gasteiger partial charge in [0.15, 0.2) is 0 Å². The molecule has 0 aromatic rings. The van der Waals surface area contributed by atoms with Crippen molar-refractivity contribution >= 4 is 5.97 Å². The molecule has 0 amide bonds. The molecule has 124 valence electrons. The van der Waals surface area contributed by atoms with Gasteiger partial charge in [-0.15, -0.1) is 0 Å². The summed E-state index contributed by atoms with van der Waals surface area (Å²) < 4.78 is 4.89. The fraction of sp³-hybridized carbons (Fsp3) is 0.941. The third-order valence-electron chi connectivity index (χ3n) is 4.61. The molecule has 0 aromatic carbocycles. The molecule has 0 aliphatic heterocycles. The van der Waals surface area contributed by atoms with Gasteiger partial charge in [-0.2, -0.15) is 0 Å². The molecular formula is C17H33NO3. The second kappa shape index (κ2) is 10.2. The highest BCUT2D eigenvalue weighted by atomic mass is 16.5. The molecule has 1 aliphatic carbocycles. The van der Waals surface area contributed by atoms with Gasteiger partial charge >= 0.3 is 5.97 Å². The van der Waals surface area contributed by atoms with Gasteiger partial charge in [0, 0.05) is 13.0 Å². The van der Waals surface area contributed by atoms with Gasteiger partial charge in [0.1, 0.15) is 0 Å². The van der Waals surface area contributed by atoms with E-state index in [1.54, 1.807) is 0 Å². The van der Waals surface area contributed by atoms with Crippen LogP contribution in [0.25, 0.3) is 0 Å². The molecule has 0 bridgehead atoms. The van der Waals surface area contributed by atoms with E-state index in [1.807, 2.05) is 6.92 Å². The van der Waals surface area contributed by atoms with Crippen molar-refractivity contribution < 1.29 is 14.6 Å². The molecule has 1 saturated carbocycles. The monoisotopic (exact) mass is 299 g/mol. The summed E-state index contributed by atoms with van der Waals surface area (Å²) in [6.07, 6.45) is 8.92. The highest BCUT2D eigenvalue weighted by Crippen LogP contribution is 2.33. The van der Waals surface area contributed by atoms with Crippen molar-refractivity contribution in [2.75, 3.05) is 19.7 Å². The fourth-order valence-corrected chi connectivity index (χ4v) is 3.05. The van der Waals surface area contributed by atoms with E-state index in [0.29, 0.717) is 19.6 Å². The number of rotatable bonds is 10. The maximum Gasteiger partial charge on any atom is 0.305 e. The summed E-state index contributed by atoms with van der Waals surface area (Å²) in [6.45, 7) is 6.17. The number of ether oxygens (including phenoxy) is 1. The number of hydrogen-bond donors (Lipinski definition) is 2. The summed E-state index contributed by atoms with van der Waals surface area (Å²) in [4.78, 5) is 11.2. The first kappa shape index (κ1) is 18.4. The van der Waals surface area contributed by atoms with Crippen molar-refractivity contribution in [2.24, 2.45) is 5.92 Å². The number of unbranched alkanes of at least 4 members (excludes halogenated alkanes) is 2. The summed E-state index contributed by atoms with van der Waals surface area (Å²) in [5.74, 6) is 0.723. The quantitative estimate of drug-likeness (QED) is 0.481. The third-order valence-corrected chi connectivity index (χ3v) is 4.61. The van der Waals surface area contributed by atoms with Crippen molar-refractivity contribution in [3.8, 4) is 0 Å². The van der Waals surface area contributed by atoms with Gasteiger partial charge in [-0.3, -0.25) is 4.79 Å². The van der Waals surface area contributed by atoms with Gasteiger partial charge in [0.25, 0.3) is 0 Å². The summed E-state index contributed by atoms with van der Waals surface area (Å²) in [5.41, 5.74) is -0.489. The number of esters is 1. The molecule has 0 unspecified atom stereocenters. The molecule has 0 radical (unpaired) electrons. The van der Waals surface area contributed by atoms with E-state index in [9.17, 15) is 9.90 Å². The minimum absolute atomic E-state index is 0.0903. The molecule has 0 atom stereocenters. The predicted octanol–water partition coefficient (Wildman–Crippen LogP) is 3.03. The number of aliphatic hydroxyl groups is 1. The Hall–Kier alpha value is -0.610. The van der Waals surface area contributed by atoms with Crippen LogP contribution in [0.4, 0.5) is 0 Å². The molecule has 0 aromatic heterocycles. The van der Waals surface area contributed by atoms with Gasteiger partial charge in [0.05, 0.1) is 12.2 Å². The lowest BCUT2D eigenvalue weighted by molar-refractivity contribution is -0.143. The predicted molar refractivity (Wildman–Crippen MR) is 85.2 cm³/mol. The standard InChI is InChI=1S/C17H33NO3/c1-3-15-9-11-17(20,12-10-15)14-18-13-7-5-6-8-16(19)21-4-2/h15,18,20H,3-14H2,1-2H3. The van der Waals surface area contributed by atoms with Crippen LogP contribution in [-0.2, 0) is 9.53 Å². The molecule has 1 fully saturated rings. The highest BCUT2D eigenvalue weighted by Gasteiger charge is 2.31. The second-order valence-corrected chi connectivity index (χ2v) is 6.37. The average molecular weight is 299 g/mol. The Morgan fingerprint density at radius 1 is 1.24 bits per heavy atom. The van der Waals surface area contributed by atoms with Crippen LogP contribution in [0.1, 0.15) is 71.6 Å². The van der Waals surface area contributed by atoms with E-state index in [0.717, 1.165) is 57.4 Å². The lowest BCUT2D eigenvalue weighted by Crippen LogP contribution is -2.43. The Morgan fingerprint density at radius 3 is 2.57 bits per heavy atom. The number of nitrogens with one attached hydrogen (secondary N) is 1. The van der Waals surface area contributed by atoms with Crippen molar-refractivity contribution in [1.29, 1.82) is 0 Å². The Labute approximate surface area is 129 Å². The van der Waals surface area contributed by atoms with Crippen LogP contribution in [0.3, 0.4) is 0 Å². The lowest BCUT2D eigenvalue weighted by atomic mass is 9.78. The molecule has 1 aliphatic rings. The zero-order chi connectivity index (χ0) is 15.6. The van der Waals surface area contributed by atoms with Gasteiger partial charge in [0.2, 0.25) is 0 Å². The van der Waals surface area contributed by atoms with E-state index < -0.39 is 5.60 Å². The van der Waals surface area contributed by atoms with Crippen LogP contribution in [0, 0.1) is 5.92 Å².